The van der Waals surface area contributed by atoms with Crippen LogP contribution in [-0.2, 0) is 4.79 Å². The molecule has 0 saturated carbocycles. The summed E-state index contributed by atoms with van der Waals surface area (Å²) in [5.41, 5.74) is 4.05. The van der Waals surface area contributed by atoms with E-state index >= 15 is 0 Å². The van der Waals surface area contributed by atoms with Crippen molar-refractivity contribution >= 4 is 33.3 Å². The summed E-state index contributed by atoms with van der Waals surface area (Å²) in [6.07, 6.45) is 0. The second-order valence-electron chi connectivity index (χ2n) is 7.25. The number of anilines is 1. The largest absolute Gasteiger partial charge is 0.494 e. The minimum atomic E-state index is -0.275. The number of aryl methyl sites for hydroxylation is 3. The number of nitrogens with zero attached hydrogens (tertiary/aromatic N) is 3. The van der Waals surface area contributed by atoms with E-state index in [1.165, 1.54) is 5.56 Å². The average Bonchev–Trinajstić information content (AvgIpc) is 3.31. The number of hydrogen-bond donors (Lipinski definition) is 1. The van der Waals surface area contributed by atoms with Crippen molar-refractivity contribution < 1.29 is 14.3 Å². The minimum absolute atomic E-state index is 0.115. The SMILES string of the molecule is CCOc1ccc(OCC(=O)Nc2cc(C)nn2-c2nc3c(C)cc(C)cc3s2)cc1. The van der Waals surface area contributed by atoms with E-state index in [1.807, 2.05) is 39.0 Å². The summed E-state index contributed by atoms with van der Waals surface area (Å²) in [5, 5.41) is 8.11. The topological polar surface area (TPSA) is 78.3 Å². The molecule has 1 N–H and O–H groups in total. The maximum absolute atomic E-state index is 12.5. The molecule has 160 valence electrons. The maximum Gasteiger partial charge on any atom is 0.263 e. The Labute approximate surface area is 184 Å². The first-order valence-electron chi connectivity index (χ1n) is 10.0. The highest BCUT2D eigenvalue weighted by Crippen LogP contribution is 2.30. The van der Waals surface area contributed by atoms with Gasteiger partial charge in [0.15, 0.2) is 6.61 Å². The van der Waals surface area contributed by atoms with Gasteiger partial charge in [0, 0.05) is 6.07 Å². The van der Waals surface area contributed by atoms with Gasteiger partial charge >= 0.3 is 0 Å². The van der Waals surface area contributed by atoms with Crippen LogP contribution in [0.25, 0.3) is 15.3 Å². The van der Waals surface area contributed by atoms with Crippen molar-refractivity contribution in [1.82, 2.24) is 14.8 Å². The van der Waals surface area contributed by atoms with E-state index < -0.39 is 0 Å². The van der Waals surface area contributed by atoms with Crippen molar-refractivity contribution in [2.45, 2.75) is 27.7 Å². The van der Waals surface area contributed by atoms with Crippen LogP contribution in [0.3, 0.4) is 0 Å². The Bertz CT molecular complexity index is 1230. The van der Waals surface area contributed by atoms with Gasteiger partial charge in [-0.15, -0.1) is 0 Å². The van der Waals surface area contributed by atoms with Crippen molar-refractivity contribution in [1.29, 1.82) is 0 Å². The Kier molecular flexibility index (Phi) is 5.90. The van der Waals surface area contributed by atoms with Crippen LogP contribution in [0, 0.1) is 20.8 Å². The molecular formula is C23H24N4O3S. The lowest BCUT2D eigenvalue weighted by Crippen LogP contribution is -2.21. The van der Waals surface area contributed by atoms with Crippen LogP contribution in [0.2, 0.25) is 0 Å². The summed E-state index contributed by atoms with van der Waals surface area (Å²) in [6.45, 7) is 8.41. The summed E-state index contributed by atoms with van der Waals surface area (Å²) in [5.74, 6) is 1.65. The smallest absolute Gasteiger partial charge is 0.263 e. The van der Waals surface area contributed by atoms with Gasteiger partial charge in [0.2, 0.25) is 5.13 Å². The Balaban J connectivity index is 1.48. The van der Waals surface area contributed by atoms with Crippen molar-refractivity contribution in [2.24, 2.45) is 0 Å². The predicted octanol–water partition coefficient (Wildman–Crippen LogP) is 4.82. The summed E-state index contributed by atoms with van der Waals surface area (Å²) < 4.78 is 13.8. The number of hydrogen-bond acceptors (Lipinski definition) is 6. The molecular weight excluding hydrogens is 412 g/mol. The van der Waals surface area contributed by atoms with Crippen LogP contribution in [-0.4, -0.2) is 33.9 Å². The maximum atomic E-state index is 12.5. The lowest BCUT2D eigenvalue weighted by atomic mass is 10.1. The average molecular weight is 437 g/mol. The zero-order valence-electron chi connectivity index (χ0n) is 17.9. The fourth-order valence-corrected chi connectivity index (χ4v) is 4.42. The number of amides is 1. The molecule has 0 atom stereocenters. The fraction of sp³-hybridized carbons (Fsp3) is 0.261. The third kappa shape index (κ3) is 4.69. The highest BCUT2D eigenvalue weighted by molar-refractivity contribution is 7.20. The number of aromatic nitrogens is 3. The highest BCUT2D eigenvalue weighted by atomic mass is 32.1. The number of fused-ring (bicyclic) bond motifs is 1. The molecule has 0 fully saturated rings. The van der Waals surface area contributed by atoms with Crippen LogP contribution in [0.15, 0.2) is 42.5 Å². The Morgan fingerprint density at radius 1 is 1.06 bits per heavy atom. The van der Waals surface area contributed by atoms with E-state index in [0.717, 1.165) is 27.2 Å². The predicted molar refractivity (Wildman–Crippen MR) is 123 cm³/mol. The molecule has 1 amide bonds. The Morgan fingerprint density at radius 2 is 1.77 bits per heavy atom. The molecule has 0 bridgehead atoms. The van der Waals surface area contributed by atoms with E-state index in [4.69, 9.17) is 14.5 Å². The van der Waals surface area contributed by atoms with Crippen LogP contribution < -0.4 is 14.8 Å². The summed E-state index contributed by atoms with van der Waals surface area (Å²) >= 11 is 1.54. The molecule has 0 radical (unpaired) electrons. The first-order chi connectivity index (χ1) is 14.9. The second kappa shape index (κ2) is 8.77. The molecule has 4 aromatic rings. The van der Waals surface area contributed by atoms with E-state index in [9.17, 15) is 4.79 Å². The molecule has 2 heterocycles. The minimum Gasteiger partial charge on any atom is -0.494 e. The van der Waals surface area contributed by atoms with Gasteiger partial charge < -0.3 is 14.8 Å². The van der Waals surface area contributed by atoms with Crippen molar-refractivity contribution in [3.8, 4) is 16.6 Å². The van der Waals surface area contributed by atoms with Crippen molar-refractivity contribution in [2.75, 3.05) is 18.5 Å². The van der Waals surface area contributed by atoms with Gasteiger partial charge in [0.1, 0.15) is 17.3 Å². The number of ether oxygens (including phenoxy) is 2. The van der Waals surface area contributed by atoms with Crippen molar-refractivity contribution in [3.63, 3.8) is 0 Å². The van der Waals surface area contributed by atoms with E-state index in [-0.39, 0.29) is 12.5 Å². The van der Waals surface area contributed by atoms with Crippen LogP contribution >= 0.6 is 11.3 Å². The summed E-state index contributed by atoms with van der Waals surface area (Å²) in [4.78, 5) is 17.2. The molecule has 0 aliphatic carbocycles. The standard InChI is InChI=1S/C23H24N4O3S/c1-5-29-17-6-8-18(9-7-17)30-13-21(28)24-20-12-16(4)26-27(20)23-25-22-15(3)10-14(2)11-19(22)31-23/h6-12H,5,13H2,1-4H3,(H,24,28). The van der Waals surface area contributed by atoms with Crippen molar-refractivity contribution in [3.05, 3.63) is 59.3 Å². The van der Waals surface area contributed by atoms with E-state index in [1.54, 1.807) is 28.2 Å². The molecule has 0 aliphatic heterocycles. The number of carbonyl (C=O) groups is 1. The van der Waals surface area contributed by atoms with Gasteiger partial charge in [0.25, 0.3) is 5.91 Å². The molecule has 2 aromatic heterocycles. The third-order valence-corrected chi connectivity index (χ3v) is 5.58. The monoisotopic (exact) mass is 436 g/mol. The molecule has 31 heavy (non-hydrogen) atoms. The zero-order chi connectivity index (χ0) is 22.0. The first kappa shape index (κ1) is 20.9. The normalized spacial score (nSPS) is 11.0. The number of nitrogens with one attached hydrogen (secondary N) is 1. The van der Waals surface area contributed by atoms with Gasteiger partial charge in [-0.05, 0) is 69.2 Å². The number of carbonyl (C=O) groups excluding carboxylic acids is 1. The van der Waals surface area contributed by atoms with Gasteiger partial charge in [-0.3, -0.25) is 4.79 Å². The van der Waals surface area contributed by atoms with Gasteiger partial charge in [-0.2, -0.15) is 9.78 Å². The van der Waals surface area contributed by atoms with E-state index in [0.29, 0.717) is 23.3 Å². The Morgan fingerprint density at radius 3 is 2.48 bits per heavy atom. The molecule has 4 rings (SSSR count). The van der Waals surface area contributed by atoms with Gasteiger partial charge in [-0.1, -0.05) is 17.4 Å². The summed E-state index contributed by atoms with van der Waals surface area (Å²) in [6, 6.07) is 13.2. The van der Waals surface area contributed by atoms with Gasteiger partial charge in [-0.25, -0.2) is 4.98 Å². The molecule has 0 saturated heterocycles. The van der Waals surface area contributed by atoms with Crippen LogP contribution in [0.4, 0.5) is 5.82 Å². The summed E-state index contributed by atoms with van der Waals surface area (Å²) in [7, 11) is 0. The molecule has 0 unspecified atom stereocenters. The third-order valence-electron chi connectivity index (χ3n) is 4.60. The first-order valence-corrected chi connectivity index (χ1v) is 10.8. The van der Waals surface area contributed by atoms with Crippen LogP contribution in [0.1, 0.15) is 23.7 Å². The van der Waals surface area contributed by atoms with Crippen LogP contribution in [0.5, 0.6) is 11.5 Å². The zero-order valence-corrected chi connectivity index (χ0v) is 18.7. The molecule has 7 nitrogen and oxygen atoms in total. The number of benzene rings is 2. The molecule has 2 aromatic carbocycles. The quantitative estimate of drug-likeness (QED) is 0.449. The fourth-order valence-electron chi connectivity index (χ4n) is 3.31. The lowest BCUT2D eigenvalue weighted by molar-refractivity contribution is -0.118. The number of rotatable bonds is 7. The van der Waals surface area contributed by atoms with Gasteiger partial charge in [0.05, 0.1) is 22.5 Å². The Hall–Kier alpha value is -3.39. The molecule has 0 aliphatic rings. The lowest BCUT2D eigenvalue weighted by Gasteiger charge is -2.09. The molecule has 8 heteroatoms. The second-order valence-corrected chi connectivity index (χ2v) is 8.26. The molecule has 0 spiro atoms. The van der Waals surface area contributed by atoms with E-state index in [2.05, 4.69) is 29.5 Å². The highest BCUT2D eigenvalue weighted by Gasteiger charge is 2.16. The number of thiazole rings is 1.